The van der Waals surface area contributed by atoms with Crippen LogP contribution in [-0.4, -0.2) is 11.9 Å². The largest absolute Gasteiger partial charge is 0.398 e. The SMILES string of the molecule is CCCC(CC)NC(=O)c1cc(F)ccc1N. The Kier molecular flexibility index (Phi) is 4.94. The van der Waals surface area contributed by atoms with Gasteiger partial charge in [0.25, 0.3) is 5.91 Å². The number of hydrogen-bond acceptors (Lipinski definition) is 2. The van der Waals surface area contributed by atoms with Gasteiger partial charge in [-0.25, -0.2) is 4.39 Å². The zero-order valence-electron chi connectivity index (χ0n) is 10.3. The Labute approximate surface area is 101 Å². The van der Waals surface area contributed by atoms with E-state index in [-0.39, 0.29) is 17.5 Å². The molecule has 1 aromatic rings. The predicted molar refractivity (Wildman–Crippen MR) is 67.3 cm³/mol. The van der Waals surface area contributed by atoms with Crippen LogP contribution in [0.2, 0.25) is 0 Å². The van der Waals surface area contributed by atoms with Gasteiger partial charge in [-0.3, -0.25) is 4.79 Å². The molecular weight excluding hydrogens is 219 g/mol. The standard InChI is InChI=1S/C13H19FN2O/c1-3-5-10(4-2)16-13(17)11-8-9(14)6-7-12(11)15/h6-8,10H,3-5,15H2,1-2H3,(H,16,17). The number of benzene rings is 1. The first-order valence-corrected chi connectivity index (χ1v) is 5.94. The minimum absolute atomic E-state index is 0.121. The molecule has 0 radical (unpaired) electrons. The second-order valence-corrected chi connectivity index (χ2v) is 4.10. The molecule has 0 heterocycles. The summed E-state index contributed by atoms with van der Waals surface area (Å²) < 4.78 is 13.0. The highest BCUT2D eigenvalue weighted by Gasteiger charge is 2.14. The van der Waals surface area contributed by atoms with Crippen molar-refractivity contribution in [2.75, 3.05) is 5.73 Å². The van der Waals surface area contributed by atoms with Crippen LogP contribution in [0.3, 0.4) is 0 Å². The van der Waals surface area contributed by atoms with E-state index in [0.29, 0.717) is 5.69 Å². The predicted octanol–water partition coefficient (Wildman–Crippen LogP) is 2.72. The third-order valence-corrected chi connectivity index (χ3v) is 2.73. The summed E-state index contributed by atoms with van der Waals surface area (Å²) in [5, 5.41) is 2.87. The lowest BCUT2D eigenvalue weighted by Crippen LogP contribution is -2.34. The van der Waals surface area contributed by atoms with Crippen molar-refractivity contribution in [3.8, 4) is 0 Å². The fourth-order valence-corrected chi connectivity index (χ4v) is 1.72. The maximum Gasteiger partial charge on any atom is 0.253 e. The maximum atomic E-state index is 13.0. The second-order valence-electron chi connectivity index (χ2n) is 4.10. The van der Waals surface area contributed by atoms with Gasteiger partial charge in [-0.1, -0.05) is 20.3 Å². The van der Waals surface area contributed by atoms with E-state index in [1.807, 2.05) is 6.92 Å². The molecule has 0 bridgehead atoms. The monoisotopic (exact) mass is 238 g/mol. The highest BCUT2D eigenvalue weighted by Crippen LogP contribution is 2.14. The lowest BCUT2D eigenvalue weighted by molar-refractivity contribution is 0.0934. The van der Waals surface area contributed by atoms with Crippen molar-refractivity contribution >= 4 is 11.6 Å². The lowest BCUT2D eigenvalue weighted by atomic mass is 10.1. The molecule has 1 rings (SSSR count). The van der Waals surface area contributed by atoms with Crippen LogP contribution in [0.15, 0.2) is 18.2 Å². The van der Waals surface area contributed by atoms with E-state index < -0.39 is 5.82 Å². The van der Waals surface area contributed by atoms with Crippen molar-refractivity contribution in [2.45, 2.75) is 39.2 Å². The molecule has 0 aromatic heterocycles. The van der Waals surface area contributed by atoms with Gasteiger partial charge < -0.3 is 11.1 Å². The minimum atomic E-state index is -0.451. The average molecular weight is 238 g/mol. The third-order valence-electron chi connectivity index (χ3n) is 2.73. The first kappa shape index (κ1) is 13.5. The summed E-state index contributed by atoms with van der Waals surface area (Å²) in [5.74, 6) is -0.754. The van der Waals surface area contributed by atoms with Gasteiger partial charge in [0, 0.05) is 11.7 Å². The molecule has 17 heavy (non-hydrogen) atoms. The van der Waals surface area contributed by atoms with Gasteiger partial charge in [0.15, 0.2) is 0 Å². The first-order chi connectivity index (χ1) is 8.08. The number of rotatable bonds is 5. The van der Waals surface area contributed by atoms with Crippen LogP contribution < -0.4 is 11.1 Å². The maximum absolute atomic E-state index is 13.0. The van der Waals surface area contributed by atoms with E-state index in [0.717, 1.165) is 19.3 Å². The van der Waals surface area contributed by atoms with E-state index in [1.165, 1.54) is 18.2 Å². The summed E-state index contributed by atoms with van der Waals surface area (Å²) in [6.07, 6.45) is 2.77. The molecule has 1 aromatic carbocycles. The van der Waals surface area contributed by atoms with Crippen LogP contribution in [0.4, 0.5) is 10.1 Å². The summed E-state index contributed by atoms with van der Waals surface area (Å²) in [6.45, 7) is 4.07. The Hall–Kier alpha value is -1.58. The van der Waals surface area contributed by atoms with Crippen LogP contribution in [0.5, 0.6) is 0 Å². The summed E-state index contributed by atoms with van der Waals surface area (Å²) in [6, 6.07) is 3.94. The molecule has 0 spiro atoms. The summed E-state index contributed by atoms with van der Waals surface area (Å²) >= 11 is 0. The number of hydrogen-bond donors (Lipinski definition) is 2. The number of carbonyl (C=O) groups excluding carboxylic acids is 1. The molecule has 0 aliphatic heterocycles. The van der Waals surface area contributed by atoms with Crippen molar-refractivity contribution in [3.05, 3.63) is 29.6 Å². The van der Waals surface area contributed by atoms with Crippen molar-refractivity contribution in [3.63, 3.8) is 0 Å². The van der Waals surface area contributed by atoms with Crippen molar-refractivity contribution in [1.29, 1.82) is 0 Å². The van der Waals surface area contributed by atoms with Crippen LogP contribution in [0.1, 0.15) is 43.5 Å². The molecule has 0 saturated carbocycles. The number of anilines is 1. The van der Waals surface area contributed by atoms with E-state index in [1.54, 1.807) is 0 Å². The normalized spacial score (nSPS) is 12.2. The minimum Gasteiger partial charge on any atom is -0.398 e. The molecule has 1 atom stereocenters. The molecule has 0 saturated heterocycles. The summed E-state index contributed by atoms with van der Waals surface area (Å²) in [4.78, 5) is 11.9. The van der Waals surface area contributed by atoms with Crippen molar-refractivity contribution in [2.24, 2.45) is 0 Å². The Bertz CT molecular complexity index is 393. The molecule has 3 nitrogen and oxygen atoms in total. The average Bonchev–Trinajstić information content (AvgIpc) is 2.31. The van der Waals surface area contributed by atoms with Gasteiger partial charge >= 0.3 is 0 Å². The zero-order valence-corrected chi connectivity index (χ0v) is 10.3. The van der Waals surface area contributed by atoms with Gasteiger partial charge in [-0.2, -0.15) is 0 Å². The van der Waals surface area contributed by atoms with Gasteiger partial charge in [-0.15, -0.1) is 0 Å². The fourth-order valence-electron chi connectivity index (χ4n) is 1.72. The zero-order chi connectivity index (χ0) is 12.8. The smallest absolute Gasteiger partial charge is 0.253 e. The van der Waals surface area contributed by atoms with Crippen LogP contribution in [0.25, 0.3) is 0 Å². The Morgan fingerprint density at radius 1 is 1.47 bits per heavy atom. The van der Waals surface area contributed by atoms with Gasteiger partial charge in [0.1, 0.15) is 5.82 Å². The molecule has 94 valence electrons. The Morgan fingerprint density at radius 3 is 2.76 bits per heavy atom. The second kappa shape index (κ2) is 6.23. The molecule has 0 aliphatic carbocycles. The highest BCUT2D eigenvalue weighted by atomic mass is 19.1. The van der Waals surface area contributed by atoms with E-state index in [4.69, 9.17) is 5.73 Å². The number of amides is 1. The van der Waals surface area contributed by atoms with Crippen LogP contribution >= 0.6 is 0 Å². The van der Waals surface area contributed by atoms with Crippen molar-refractivity contribution in [1.82, 2.24) is 5.32 Å². The fraction of sp³-hybridized carbons (Fsp3) is 0.462. The molecule has 4 heteroatoms. The lowest BCUT2D eigenvalue weighted by Gasteiger charge is -2.16. The third kappa shape index (κ3) is 3.73. The Morgan fingerprint density at radius 2 is 2.18 bits per heavy atom. The van der Waals surface area contributed by atoms with Gasteiger partial charge in [0.2, 0.25) is 0 Å². The van der Waals surface area contributed by atoms with Crippen LogP contribution in [-0.2, 0) is 0 Å². The molecule has 0 fully saturated rings. The molecule has 3 N–H and O–H groups in total. The Balaban J connectivity index is 2.78. The molecule has 0 aliphatic rings. The quantitative estimate of drug-likeness (QED) is 0.775. The van der Waals surface area contributed by atoms with Crippen LogP contribution in [0, 0.1) is 5.82 Å². The van der Waals surface area contributed by atoms with E-state index in [9.17, 15) is 9.18 Å². The van der Waals surface area contributed by atoms with Crippen molar-refractivity contribution < 1.29 is 9.18 Å². The topological polar surface area (TPSA) is 55.1 Å². The number of nitrogens with one attached hydrogen (secondary N) is 1. The number of carbonyl (C=O) groups is 1. The van der Waals surface area contributed by atoms with E-state index >= 15 is 0 Å². The molecular formula is C13H19FN2O. The number of nitrogens with two attached hydrogens (primary N) is 1. The molecule has 1 amide bonds. The number of nitrogen functional groups attached to an aromatic ring is 1. The molecule has 1 unspecified atom stereocenters. The van der Waals surface area contributed by atoms with Gasteiger partial charge in [0.05, 0.1) is 5.56 Å². The highest BCUT2D eigenvalue weighted by molar-refractivity contribution is 5.99. The number of halogens is 1. The van der Waals surface area contributed by atoms with Gasteiger partial charge in [-0.05, 0) is 31.0 Å². The first-order valence-electron chi connectivity index (χ1n) is 5.94. The summed E-state index contributed by atoms with van der Waals surface area (Å²) in [7, 11) is 0. The van der Waals surface area contributed by atoms with E-state index in [2.05, 4.69) is 12.2 Å². The summed E-state index contributed by atoms with van der Waals surface area (Å²) in [5.41, 5.74) is 6.16.